The average molecular weight is 288 g/mol. The third-order valence-corrected chi connectivity index (χ3v) is 4.76. The van der Waals surface area contributed by atoms with E-state index in [1.54, 1.807) is 0 Å². The zero-order valence-electron chi connectivity index (χ0n) is 14.2. The minimum Gasteiger partial charge on any atom is -0.311 e. The molecule has 1 aromatic carbocycles. The Morgan fingerprint density at radius 2 is 1.90 bits per heavy atom. The summed E-state index contributed by atoms with van der Waals surface area (Å²) in [6.07, 6.45) is 2.41. The predicted molar refractivity (Wildman–Crippen MR) is 91.6 cm³/mol. The van der Waals surface area contributed by atoms with Crippen LogP contribution in [-0.2, 0) is 6.42 Å². The fourth-order valence-electron chi connectivity index (χ4n) is 3.45. The maximum Gasteiger partial charge on any atom is 0.0246 e. The lowest BCUT2D eigenvalue weighted by Gasteiger charge is -2.44. The van der Waals surface area contributed by atoms with Crippen molar-refractivity contribution in [2.45, 2.75) is 52.6 Å². The molecule has 21 heavy (non-hydrogen) atoms. The predicted octanol–water partition coefficient (Wildman–Crippen LogP) is 3.57. The van der Waals surface area contributed by atoms with E-state index in [9.17, 15) is 0 Å². The highest BCUT2D eigenvalue weighted by Gasteiger charge is 2.30. The van der Waals surface area contributed by atoms with Crippen LogP contribution in [0.5, 0.6) is 0 Å². The number of hydrogen-bond acceptors (Lipinski definition) is 2. The van der Waals surface area contributed by atoms with Crippen LogP contribution in [-0.4, -0.2) is 36.6 Å². The van der Waals surface area contributed by atoms with Gasteiger partial charge in [0, 0.05) is 31.7 Å². The van der Waals surface area contributed by atoms with Crippen LogP contribution in [0.1, 0.15) is 39.7 Å². The molecule has 3 atom stereocenters. The van der Waals surface area contributed by atoms with Crippen molar-refractivity contribution in [2.75, 3.05) is 19.6 Å². The van der Waals surface area contributed by atoms with Crippen molar-refractivity contribution >= 4 is 0 Å². The van der Waals surface area contributed by atoms with E-state index < -0.39 is 0 Å². The Morgan fingerprint density at radius 3 is 2.52 bits per heavy atom. The van der Waals surface area contributed by atoms with Crippen molar-refractivity contribution in [2.24, 2.45) is 11.8 Å². The Kier molecular flexibility index (Phi) is 6.25. The third-order valence-electron chi connectivity index (χ3n) is 4.76. The maximum absolute atomic E-state index is 3.79. The molecule has 2 nitrogen and oxygen atoms in total. The topological polar surface area (TPSA) is 15.3 Å². The van der Waals surface area contributed by atoms with Crippen LogP contribution in [0.25, 0.3) is 0 Å². The molecule has 0 spiro atoms. The van der Waals surface area contributed by atoms with Gasteiger partial charge in [0.1, 0.15) is 0 Å². The van der Waals surface area contributed by atoms with Gasteiger partial charge in [0.2, 0.25) is 0 Å². The second-order valence-corrected chi connectivity index (χ2v) is 7.10. The highest BCUT2D eigenvalue weighted by atomic mass is 15.2. The van der Waals surface area contributed by atoms with Crippen LogP contribution in [0.3, 0.4) is 0 Å². The van der Waals surface area contributed by atoms with Crippen LogP contribution in [0.15, 0.2) is 30.3 Å². The molecule has 1 aromatic rings. The zero-order chi connectivity index (χ0) is 15.2. The SMILES string of the molecule is CCC(C)C1CNC(Cc2ccccc2)CN1CC(C)C. The Bertz CT molecular complexity index is 401. The first-order valence-electron chi connectivity index (χ1n) is 8.61. The number of rotatable bonds is 6. The second-order valence-electron chi connectivity index (χ2n) is 7.10. The van der Waals surface area contributed by atoms with Gasteiger partial charge in [0.15, 0.2) is 0 Å². The van der Waals surface area contributed by atoms with E-state index in [0.29, 0.717) is 12.1 Å². The fourth-order valence-corrected chi connectivity index (χ4v) is 3.45. The molecule has 2 rings (SSSR count). The molecule has 1 aliphatic heterocycles. The summed E-state index contributed by atoms with van der Waals surface area (Å²) in [5.41, 5.74) is 1.45. The van der Waals surface area contributed by atoms with Crippen LogP contribution in [0.2, 0.25) is 0 Å². The van der Waals surface area contributed by atoms with E-state index >= 15 is 0 Å². The zero-order valence-corrected chi connectivity index (χ0v) is 14.2. The average Bonchev–Trinajstić information content (AvgIpc) is 2.47. The number of benzene rings is 1. The molecule has 0 amide bonds. The standard InChI is InChI=1S/C19H32N2/c1-5-16(4)19-12-20-18(14-21(19)13-15(2)3)11-17-9-7-6-8-10-17/h6-10,15-16,18-20H,5,11-14H2,1-4H3. The van der Waals surface area contributed by atoms with Gasteiger partial charge < -0.3 is 5.32 Å². The van der Waals surface area contributed by atoms with Gasteiger partial charge in [0.05, 0.1) is 0 Å². The smallest absolute Gasteiger partial charge is 0.0246 e. The van der Waals surface area contributed by atoms with Gasteiger partial charge in [-0.05, 0) is 23.8 Å². The molecule has 1 N–H and O–H groups in total. The monoisotopic (exact) mass is 288 g/mol. The lowest BCUT2D eigenvalue weighted by atomic mass is 9.92. The summed E-state index contributed by atoms with van der Waals surface area (Å²) < 4.78 is 0. The molecule has 0 bridgehead atoms. The van der Waals surface area contributed by atoms with E-state index in [4.69, 9.17) is 0 Å². The van der Waals surface area contributed by atoms with E-state index in [2.05, 4.69) is 68.2 Å². The number of nitrogens with zero attached hydrogens (tertiary/aromatic N) is 1. The van der Waals surface area contributed by atoms with Crippen LogP contribution in [0.4, 0.5) is 0 Å². The Hall–Kier alpha value is -0.860. The fraction of sp³-hybridized carbons (Fsp3) is 0.684. The van der Waals surface area contributed by atoms with Gasteiger partial charge in [-0.1, -0.05) is 64.4 Å². The van der Waals surface area contributed by atoms with Gasteiger partial charge in [-0.3, -0.25) is 4.90 Å². The highest BCUT2D eigenvalue weighted by molar-refractivity contribution is 5.16. The minimum absolute atomic E-state index is 0.589. The van der Waals surface area contributed by atoms with E-state index in [1.165, 1.54) is 25.1 Å². The van der Waals surface area contributed by atoms with Crippen LogP contribution >= 0.6 is 0 Å². The van der Waals surface area contributed by atoms with Crippen molar-refractivity contribution in [3.63, 3.8) is 0 Å². The molecule has 1 fully saturated rings. The molecular formula is C19H32N2. The van der Waals surface area contributed by atoms with Gasteiger partial charge >= 0.3 is 0 Å². The van der Waals surface area contributed by atoms with E-state index in [-0.39, 0.29) is 0 Å². The summed E-state index contributed by atoms with van der Waals surface area (Å²) >= 11 is 0. The van der Waals surface area contributed by atoms with Crippen molar-refractivity contribution in [1.82, 2.24) is 10.2 Å². The number of nitrogens with one attached hydrogen (secondary N) is 1. The lowest BCUT2D eigenvalue weighted by molar-refractivity contribution is 0.0800. The number of piperazine rings is 1. The minimum atomic E-state index is 0.589. The quantitative estimate of drug-likeness (QED) is 0.861. The van der Waals surface area contributed by atoms with Gasteiger partial charge in [0.25, 0.3) is 0 Å². The van der Waals surface area contributed by atoms with Gasteiger partial charge in [-0.15, -0.1) is 0 Å². The Balaban J connectivity index is 1.98. The third kappa shape index (κ3) is 4.82. The molecule has 1 saturated heterocycles. The molecule has 1 heterocycles. The molecule has 118 valence electrons. The summed E-state index contributed by atoms with van der Waals surface area (Å²) in [7, 11) is 0. The van der Waals surface area contributed by atoms with Crippen LogP contribution in [0, 0.1) is 11.8 Å². The molecule has 0 aromatic heterocycles. The lowest BCUT2D eigenvalue weighted by Crippen LogP contribution is -2.59. The first-order chi connectivity index (χ1) is 10.1. The van der Waals surface area contributed by atoms with Gasteiger partial charge in [-0.2, -0.15) is 0 Å². The molecule has 1 aliphatic rings. The summed E-state index contributed by atoms with van der Waals surface area (Å²) in [6, 6.07) is 12.2. The Morgan fingerprint density at radius 1 is 1.19 bits per heavy atom. The Labute approximate surface area is 130 Å². The summed E-state index contributed by atoms with van der Waals surface area (Å²) in [5.74, 6) is 1.51. The van der Waals surface area contributed by atoms with Crippen molar-refractivity contribution in [1.29, 1.82) is 0 Å². The summed E-state index contributed by atoms with van der Waals surface area (Å²) in [6.45, 7) is 12.9. The van der Waals surface area contributed by atoms with Crippen LogP contribution < -0.4 is 5.32 Å². The van der Waals surface area contributed by atoms with Crippen molar-refractivity contribution in [3.8, 4) is 0 Å². The summed E-state index contributed by atoms with van der Waals surface area (Å²) in [4.78, 5) is 2.74. The largest absolute Gasteiger partial charge is 0.311 e. The second kappa shape index (κ2) is 7.95. The van der Waals surface area contributed by atoms with Crippen molar-refractivity contribution in [3.05, 3.63) is 35.9 Å². The first-order valence-corrected chi connectivity index (χ1v) is 8.61. The molecule has 0 radical (unpaired) electrons. The highest BCUT2D eigenvalue weighted by Crippen LogP contribution is 2.20. The summed E-state index contributed by atoms with van der Waals surface area (Å²) in [5, 5.41) is 3.79. The van der Waals surface area contributed by atoms with Crippen molar-refractivity contribution < 1.29 is 0 Å². The molecule has 2 heteroatoms. The normalized spacial score (nSPS) is 25.2. The maximum atomic E-state index is 3.79. The molecule has 3 unspecified atom stereocenters. The van der Waals surface area contributed by atoms with E-state index in [1.807, 2.05) is 0 Å². The first kappa shape index (κ1) is 16.5. The van der Waals surface area contributed by atoms with E-state index in [0.717, 1.165) is 24.8 Å². The number of hydrogen-bond donors (Lipinski definition) is 1. The molecular weight excluding hydrogens is 256 g/mol. The molecule has 0 aliphatic carbocycles. The van der Waals surface area contributed by atoms with Gasteiger partial charge in [-0.25, -0.2) is 0 Å². The molecule has 0 saturated carbocycles.